The van der Waals surface area contributed by atoms with Crippen LogP contribution in [0.25, 0.3) is 11.2 Å². The minimum absolute atomic E-state index is 0.534. The van der Waals surface area contributed by atoms with Gasteiger partial charge in [0, 0.05) is 36.2 Å². The number of hydrogen-bond acceptors (Lipinski definition) is 6. The smallest absolute Gasteiger partial charge is 0.226 e. The van der Waals surface area contributed by atoms with Crippen LogP contribution in [0.15, 0.2) is 49.3 Å². The summed E-state index contributed by atoms with van der Waals surface area (Å²) in [7, 11) is 0. The van der Waals surface area contributed by atoms with Gasteiger partial charge in [-0.3, -0.25) is 0 Å². The van der Waals surface area contributed by atoms with Gasteiger partial charge in [0.25, 0.3) is 0 Å². The van der Waals surface area contributed by atoms with Crippen molar-refractivity contribution in [3.8, 4) is 0 Å². The van der Waals surface area contributed by atoms with Crippen LogP contribution in [0, 0.1) is 0 Å². The monoisotopic (exact) mass is 368 g/mol. The fourth-order valence-corrected chi connectivity index (χ4v) is 2.68. The molecule has 0 aliphatic heterocycles. The van der Waals surface area contributed by atoms with Gasteiger partial charge < -0.3 is 20.2 Å². The van der Waals surface area contributed by atoms with Crippen LogP contribution in [0.3, 0.4) is 0 Å². The minimum atomic E-state index is 0.534. The lowest BCUT2D eigenvalue weighted by Gasteiger charge is -2.10. The molecule has 132 valence electrons. The van der Waals surface area contributed by atoms with E-state index >= 15 is 0 Å². The van der Waals surface area contributed by atoms with Crippen LogP contribution in [-0.4, -0.2) is 36.0 Å². The van der Waals surface area contributed by atoms with Gasteiger partial charge in [0.2, 0.25) is 5.95 Å². The summed E-state index contributed by atoms with van der Waals surface area (Å²) in [5.41, 5.74) is 2.24. The first kappa shape index (κ1) is 16.3. The van der Waals surface area contributed by atoms with Gasteiger partial charge >= 0.3 is 0 Å². The molecular formula is C17H17ClN8. The first-order chi connectivity index (χ1) is 12.8. The second-order valence-corrected chi connectivity index (χ2v) is 6.15. The van der Waals surface area contributed by atoms with E-state index in [1.165, 1.54) is 0 Å². The third-order valence-electron chi connectivity index (χ3n) is 3.83. The number of aromatic nitrogens is 6. The summed E-state index contributed by atoms with van der Waals surface area (Å²) in [5.74, 6) is 1.19. The maximum atomic E-state index is 5.94. The highest BCUT2D eigenvalue weighted by atomic mass is 35.5. The lowest BCUT2D eigenvalue weighted by Crippen LogP contribution is -2.09. The maximum absolute atomic E-state index is 5.94. The number of benzene rings is 1. The van der Waals surface area contributed by atoms with Gasteiger partial charge in [-0.15, -0.1) is 0 Å². The Hall–Kier alpha value is -3.13. The predicted octanol–water partition coefficient (Wildman–Crippen LogP) is 3.45. The zero-order valence-electron chi connectivity index (χ0n) is 13.9. The van der Waals surface area contributed by atoms with Crippen molar-refractivity contribution >= 4 is 40.2 Å². The van der Waals surface area contributed by atoms with Crippen molar-refractivity contribution in [1.29, 1.82) is 0 Å². The van der Waals surface area contributed by atoms with E-state index in [0.717, 1.165) is 30.7 Å². The van der Waals surface area contributed by atoms with Crippen molar-refractivity contribution < 1.29 is 0 Å². The number of hydrogen-bond donors (Lipinski definition) is 3. The predicted molar refractivity (Wildman–Crippen MR) is 102 cm³/mol. The van der Waals surface area contributed by atoms with Crippen LogP contribution < -0.4 is 10.6 Å². The van der Waals surface area contributed by atoms with Crippen LogP contribution in [0.4, 0.5) is 17.5 Å². The van der Waals surface area contributed by atoms with Crippen LogP contribution in [0.1, 0.15) is 6.42 Å². The van der Waals surface area contributed by atoms with Crippen molar-refractivity contribution in [3.63, 3.8) is 0 Å². The lowest BCUT2D eigenvalue weighted by atomic mass is 10.3. The molecule has 0 unspecified atom stereocenters. The Labute approximate surface area is 154 Å². The summed E-state index contributed by atoms with van der Waals surface area (Å²) >= 11 is 5.94. The molecule has 0 aliphatic rings. The molecule has 26 heavy (non-hydrogen) atoms. The number of halogens is 1. The standard InChI is InChI=1S/C17H17ClN8/c18-12-2-4-13(5-3-12)23-16-14-15(22-10-21-14)24-17(25-16)20-6-1-8-26-9-7-19-11-26/h2-5,7,9-11H,1,6,8H2,(H3,20,21,22,23,24,25). The average Bonchev–Trinajstić information content (AvgIpc) is 3.32. The fraction of sp³-hybridized carbons (Fsp3) is 0.176. The van der Waals surface area contributed by atoms with E-state index in [1.54, 1.807) is 18.9 Å². The molecule has 8 nitrogen and oxygen atoms in total. The van der Waals surface area contributed by atoms with Gasteiger partial charge in [0.1, 0.15) is 5.52 Å². The quantitative estimate of drug-likeness (QED) is 0.432. The number of imidazole rings is 2. The molecule has 3 heterocycles. The molecule has 0 spiro atoms. The number of fused-ring (bicyclic) bond motifs is 1. The summed E-state index contributed by atoms with van der Waals surface area (Å²) in [6.45, 7) is 1.63. The lowest BCUT2D eigenvalue weighted by molar-refractivity contribution is 0.659. The van der Waals surface area contributed by atoms with Gasteiger partial charge in [-0.25, -0.2) is 9.97 Å². The molecule has 9 heteroatoms. The van der Waals surface area contributed by atoms with Crippen molar-refractivity contribution in [2.24, 2.45) is 0 Å². The maximum Gasteiger partial charge on any atom is 0.226 e. The largest absolute Gasteiger partial charge is 0.354 e. The Morgan fingerprint density at radius 2 is 2.04 bits per heavy atom. The average molecular weight is 369 g/mol. The molecule has 0 aliphatic carbocycles. The Balaban J connectivity index is 1.47. The van der Waals surface area contributed by atoms with Gasteiger partial charge in [0.15, 0.2) is 11.5 Å². The molecule has 4 aromatic rings. The first-order valence-corrected chi connectivity index (χ1v) is 8.59. The fourth-order valence-electron chi connectivity index (χ4n) is 2.55. The summed E-state index contributed by atoms with van der Waals surface area (Å²) in [6.07, 6.45) is 8.06. The van der Waals surface area contributed by atoms with Gasteiger partial charge in [-0.1, -0.05) is 11.6 Å². The van der Waals surface area contributed by atoms with E-state index in [9.17, 15) is 0 Å². The number of H-pyrrole nitrogens is 1. The summed E-state index contributed by atoms with van der Waals surface area (Å²) in [5, 5.41) is 7.22. The SMILES string of the molecule is Clc1ccc(Nc2nc(NCCCn3ccnc3)nc3nc[nH]c23)cc1. The molecule has 0 saturated carbocycles. The molecule has 3 aromatic heterocycles. The molecule has 1 aromatic carbocycles. The highest BCUT2D eigenvalue weighted by Crippen LogP contribution is 2.23. The molecule has 4 rings (SSSR count). The van der Waals surface area contributed by atoms with Crippen LogP contribution in [0.5, 0.6) is 0 Å². The second-order valence-electron chi connectivity index (χ2n) is 5.71. The topological polar surface area (TPSA) is 96.3 Å². The zero-order chi connectivity index (χ0) is 17.8. The van der Waals surface area contributed by atoms with Crippen molar-refractivity contribution in [2.45, 2.75) is 13.0 Å². The normalized spacial score (nSPS) is 11.0. The Morgan fingerprint density at radius 1 is 1.15 bits per heavy atom. The molecule has 0 fully saturated rings. The molecular weight excluding hydrogens is 352 g/mol. The van der Waals surface area contributed by atoms with Gasteiger partial charge in [-0.2, -0.15) is 9.97 Å². The van der Waals surface area contributed by atoms with E-state index in [-0.39, 0.29) is 0 Å². The highest BCUT2D eigenvalue weighted by molar-refractivity contribution is 6.30. The van der Waals surface area contributed by atoms with Crippen LogP contribution in [0.2, 0.25) is 5.02 Å². The summed E-state index contributed by atoms with van der Waals surface area (Å²) in [6, 6.07) is 7.44. The summed E-state index contributed by atoms with van der Waals surface area (Å²) in [4.78, 5) is 20.4. The van der Waals surface area contributed by atoms with Crippen molar-refractivity contribution in [1.82, 2.24) is 29.5 Å². The van der Waals surface area contributed by atoms with Crippen LogP contribution in [-0.2, 0) is 6.54 Å². The molecule has 3 N–H and O–H groups in total. The molecule has 0 amide bonds. The Kier molecular flexibility index (Phi) is 4.65. The van der Waals surface area contributed by atoms with Gasteiger partial charge in [-0.05, 0) is 30.7 Å². The van der Waals surface area contributed by atoms with Crippen LogP contribution >= 0.6 is 11.6 Å². The van der Waals surface area contributed by atoms with Gasteiger partial charge in [0.05, 0.1) is 12.7 Å². The van der Waals surface area contributed by atoms with Crippen molar-refractivity contribution in [2.75, 3.05) is 17.2 Å². The van der Waals surface area contributed by atoms with E-state index in [1.807, 2.05) is 35.0 Å². The van der Waals surface area contributed by atoms with E-state index < -0.39 is 0 Å². The third-order valence-corrected chi connectivity index (χ3v) is 4.08. The number of nitrogens with zero attached hydrogens (tertiary/aromatic N) is 5. The Morgan fingerprint density at radius 3 is 2.85 bits per heavy atom. The number of rotatable bonds is 7. The third kappa shape index (κ3) is 3.75. The number of anilines is 3. The summed E-state index contributed by atoms with van der Waals surface area (Å²) < 4.78 is 2.03. The number of nitrogens with one attached hydrogen (secondary N) is 3. The number of aromatic amines is 1. The highest BCUT2D eigenvalue weighted by Gasteiger charge is 2.10. The van der Waals surface area contributed by atoms with E-state index in [2.05, 4.69) is 35.6 Å². The molecule has 0 saturated heterocycles. The zero-order valence-corrected chi connectivity index (χ0v) is 14.6. The second kappa shape index (κ2) is 7.40. The molecule has 0 atom stereocenters. The van der Waals surface area contributed by atoms with Crippen molar-refractivity contribution in [3.05, 3.63) is 54.3 Å². The Bertz CT molecular complexity index is 978. The number of aryl methyl sites for hydroxylation is 1. The first-order valence-electron chi connectivity index (χ1n) is 8.21. The van der Waals surface area contributed by atoms with E-state index in [4.69, 9.17) is 11.6 Å². The molecule has 0 bridgehead atoms. The molecule has 0 radical (unpaired) electrons. The minimum Gasteiger partial charge on any atom is -0.354 e. The van der Waals surface area contributed by atoms with E-state index in [0.29, 0.717) is 22.4 Å².